The molecule has 0 aromatic heterocycles. The van der Waals surface area contributed by atoms with E-state index in [1.807, 2.05) is 37.3 Å². The number of β-amino-alcohol motifs (C(OH)–C–C–N with tert-alkyl or cyclic N) is 1. The van der Waals surface area contributed by atoms with E-state index < -0.39 is 11.7 Å². The first-order valence-electron chi connectivity index (χ1n) is 7.40. The first-order chi connectivity index (χ1) is 10.1. The van der Waals surface area contributed by atoms with E-state index in [2.05, 4.69) is 5.16 Å². The molecule has 0 aliphatic carbocycles. The standard InChI is InChI=1S/C16H20N2O3/c1-2-8-16(20)10-18(11-16)15(19)14-9-13(17-21-14)12-6-4-3-5-7-12/h3-7,14,20H,2,8-11H2,1H3. The number of likely N-dealkylation sites (tertiary alicyclic amines) is 1. The molecule has 5 heteroatoms. The highest BCUT2D eigenvalue weighted by Crippen LogP contribution is 2.28. The van der Waals surface area contributed by atoms with Crippen LogP contribution >= 0.6 is 0 Å². The number of amides is 1. The molecule has 1 aromatic rings. The third-order valence-electron chi connectivity index (χ3n) is 4.05. The zero-order chi connectivity index (χ0) is 14.9. The van der Waals surface area contributed by atoms with Gasteiger partial charge in [-0.25, -0.2) is 0 Å². The van der Waals surface area contributed by atoms with Crippen molar-refractivity contribution in [1.82, 2.24) is 4.90 Å². The number of oxime groups is 1. The predicted octanol–water partition coefficient (Wildman–Crippen LogP) is 1.55. The normalized spacial score (nSPS) is 23.2. The maximum Gasteiger partial charge on any atom is 0.267 e. The first-order valence-corrected chi connectivity index (χ1v) is 7.40. The molecule has 5 nitrogen and oxygen atoms in total. The lowest BCUT2D eigenvalue weighted by atomic mass is 9.88. The summed E-state index contributed by atoms with van der Waals surface area (Å²) >= 11 is 0. The van der Waals surface area contributed by atoms with Crippen LogP contribution in [0.4, 0.5) is 0 Å². The summed E-state index contributed by atoms with van der Waals surface area (Å²) in [6, 6.07) is 9.73. The average Bonchev–Trinajstić information content (AvgIpc) is 2.95. The predicted molar refractivity (Wildman–Crippen MR) is 78.9 cm³/mol. The average molecular weight is 288 g/mol. The number of carbonyl (C=O) groups excluding carboxylic acids is 1. The molecule has 21 heavy (non-hydrogen) atoms. The van der Waals surface area contributed by atoms with Gasteiger partial charge >= 0.3 is 0 Å². The summed E-state index contributed by atoms with van der Waals surface area (Å²) in [6.07, 6.45) is 1.59. The Morgan fingerprint density at radius 3 is 2.81 bits per heavy atom. The summed E-state index contributed by atoms with van der Waals surface area (Å²) in [5.41, 5.74) is 1.09. The van der Waals surface area contributed by atoms with Crippen LogP contribution in [0, 0.1) is 0 Å². The Morgan fingerprint density at radius 1 is 1.43 bits per heavy atom. The molecule has 1 saturated heterocycles. The summed E-state index contributed by atoms with van der Waals surface area (Å²) in [4.78, 5) is 19.3. The van der Waals surface area contributed by atoms with Gasteiger partial charge in [-0.1, -0.05) is 48.8 Å². The summed E-state index contributed by atoms with van der Waals surface area (Å²) in [7, 11) is 0. The lowest BCUT2D eigenvalue weighted by molar-refractivity contribution is -0.166. The van der Waals surface area contributed by atoms with Crippen molar-refractivity contribution in [2.75, 3.05) is 13.1 Å². The molecule has 2 aliphatic rings. The van der Waals surface area contributed by atoms with E-state index in [4.69, 9.17) is 4.84 Å². The van der Waals surface area contributed by atoms with Crippen molar-refractivity contribution < 1.29 is 14.7 Å². The second-order valence-electron chi connectivity index (χ2n) is 5.87. The van der Waals surface area contributed by atoms with Gasteiger partial charge in [0.1, 0.15) is 0 Å². The molecule has 0 radical (unpaired) electrons. The summed E-state index contributed by atoms with van der Waals surface area (Å²) in [6.45, 7) is 2.84. The van der Waals surface area contributed by atoms with E-state index in [0.29, 0.717) is 19.5 Å². The summed E-state index contributed by atoms with van der Waals surface area (Å²) < 4.78 is 0. The van der Waals surface area contributed by atoms with E-state index in [0.717, 1.165) is 24.1 Å². The minimum Gasteiger partial charge on any atom is -0.386 e. The maximum absolute atomic E-state index is 12.3. The molecule has 0 bridgehead atoms. The SMILES string of the molecule is CCCC1(O)CN(C(=O)C2CC(c3ccccc3)=NO2)C1. The van der Waals surface area contributed by atoms with Crippen molar-refractivity contribution in [1.29, 1.82) is 0 Å². The molecule has 0 spiro atoms. The van der Waals surface area contributed by atoms with E-state index in [-0.39, 0.29) is 5.91 Å². The summed E-state index contributed by atoms with van der Waals surface area (Å²) in [5.74, 6) is -0.0783. The first kappa shape index (κ1) is 14.1. The van der Waals surface area contributed by atoms with Crippen molar-refractivity contribution in [2.45, 2.75) is 37.9 Å². The fourth-order valence-electron chi connectivity index (χ4n) is 2.96. The van der Waals surface area contributed by atoms with Crippen LogP contribution in [0.5, 0.6) is 0 Å². The minimum atomic E-state index is -0.702. The molecular weight excluding hydrogens is 268 g/mol. The number of nitrogens with zero attached hydrogens (tertiary/aromatic N) is 2. The van der Waals surface area contributed by atoms with Gasteiger partial charge in [0.05, 0.1) is 24.4 Å². The summed E-state index contributed by atoms with van der Waals surface area (Å²) in [5, 5.41) is 14.2. The molecule has 2 heterocycles. The topological polar surface area (TPSA) is 62.1 Å². The number of carbonyl (C=O) groups is 1. The largest absolute Gasteiger partial charge is 0.386 e. The Morgan fingerprint density at radius 2 is 2.14 bits per heavy atom. The van der Waals surface area contributed by atoms with Gasteiger partial charge in [0.25, 0.3) is 5.91 Å². The third kappa shape index (κ3) is 2.78. The highest BCUT2D eigenvalue weighted by molar-refractivity contribution is 6.04. The van der Waals surface area contributed by atoms with Crippen molar-refractivity contribution in [3.63, 3.8) is 0 Å². The minimum absolute atomic E-state index is 0.0783. The van der Waals surface area contributed by atoms with Crippen LogP contribution in [0.25, 0.3) is 0 Å². The molecule has 1 unspecified atom stereocenters. The number of benzene rings is 1. The molecular formula is C16H20N2O3. The highest BCUT2D eigenvalue weighted by Gasteiger charge is 2.45. The van der Waals surface area contributed by atoms with Crippen LogP contribution in [0.15, 0.2) is 35.5 Å². The Hall–Kier alpha value is -1.88. The number of hydrogen-bond acceptors (Lipinski definition) is 4. The van der Waals surface area contributed by atoms with Gasteiger partial charge in [0.15, 0.2) is 0 Å². The molecule has 0 saturated carbocycles. The van der Waals surface area contributed by atoms with Gasteiger partial charge < -0.3 is 14.8 Å². The van der Waals surface area contributed by atoms with E-state index >= 15 is 0 Å². The Kier molecular flexibility index (Phi) is 3.68. The molecule has 1 aromatic carbocycles. The zero-order valence-electron chi connectivity index (χ0n) is 12.2. The van der Waals surface area contributed by atoms with Gasteiger partial charge in [-0.3, -0.25) is 4.79 Å². The monoisotopic (exact) mass is 288 g/mol. The Balaban J connectivity index is 1.55. The maximum atomic E-state index is 12.3. The lowest BCUT2D eigenvalue weighted by Gasteiger charge is -2.47. The van der Waals surface area contributed by atoms with Crippen molar-refractivity contribution in [3.05, 3.63) is 35.9 Å². The quantitative estimate of drug-likeness (QED) is 0.914. The third-order valence-corrected chi connectivity index (χ3v) is 4.05. The second-order valence-corrected chi connectivity index (χ2v) is 5.87. The van der Waals surface area contributed by atoms with Gasteiger partial charge in [-0.05, 0) is 12.0 Å². The smallest absolute Gasteiger partial charge is 0.267 e. The molecule has 112 valence electrons. The number of aliphatic hydroxyl groups is 1. The molecule has 1 N–H and O–H groups in total. The van der Waals surface area contributed by atoms with Crippen LogP contribution < -0.4 is 0 Å². The Labute approximate surface area is 124 Å². The van der Waals surface area contributed by atoms with Gasteiger partial charge in [0.2, 0.25) is 6.10 Å². The number of rotatable bonds is 4. The van der Waals surface area contributed by atoms with Crippen molar-refractivity contribution >= 4 is 11.6 Å². The van der Waals surface area contributed by atoms with Crippen LogP contribution in [0.2, 0.25) is 0 Å². The molecule has 3 rings (SSSR count). The van der Waals surface area contributed by atoms with E-state index in [1.54, 1.807) is 4.90 Å². The molecule has 1 fully saturated rings. The zero-order valence-corrected chi connectivity index (χ0v) is 12.2. The Bertz CT molecular complexity index is 550. The molecule has 2 aliphatic heterocycles. The number of hydrogen-bond donors (Lipinski definition) is 1. The fourth-order valence-corrected chi connectivity index (χ4v) is 2.96. The van der Waals surface area contributed by atoms with Crippen molar-refractivity contribution in [3.8, 4) is 0 Å². The van der Waals surface area contributed by atoms with Gasteiger partial charge in [-0.2, -0.15) is 0 Å². The van der Waals surface area contributed by atoms with E-state index in [1.165, 1.54) is 0 Å². The van der Waals surface area contributed by atoms with Crippen LogP contribution in [0.1, 0.15) is 31.7 Å². The van der Waals surface area contributed by atoms with Crippen LogP contribution in [-0.2, 0) is 9.63 Å². The molecule has 1 atom stereocenters. The van der Waals surface area contributed by atoms with Gasteiger partial charge in [-0.15, -0.1) is 0 Å². The molecule has 1 amide bonds. The second kappa shape index (κ2) is 5.48. The fraction of sp³-hybridized carbons (Fsp3) is 0.500. The van der Waals surface area contributed by atoms with Crippen LogP contribution in [0.3, 0.4) is 0 Å². The van der Waals surface area contributed by atoms with Crippen molar-refractivity contribution in [2.24, 2.45) is 5.16 Å². The highest BCUT2D eigenvalue weighted by atomic mass is 16.6. The van der Waals surface area contributed by atoms with E-state index in [9.17, 15) is 9.90 Å². The van der Waals surface area contributed by atoms with Gasteiger partial charge in [0, 0.05) is 6.42 Å². The van der Waals surface area contributed by atoms with Crippen LogP contribution in [-0.4, -0.2) is 46.4 Å². The lowest BCUT2D eigenvalue weighted by Crippen LogP contribution is -2.65.